The Morgan fingerprint density at radius 3 is 2.72 bits per heavy atom. The van der Waals surface area contributed by atoms with Gasteiger partial charge in [0.25, 0.3) is 5.91 Å². The van der Waals surface area contributed by atoms with Gasteiger partial charge in [-0.15, -0.1) is 0 Å². The lowest BCUT2D eigenvalue weighted by atomic mass is 10.1. The molecule has 1 heterocycles. The molecule has 7 heteroatoms. The van der Waals surface area contributed by atoms with Crippen LogP contribution in [-0.4, -0.2) is 22.2 Å². The maximum Gasteiger partial charge on any atom is 0.251 e. The minimum atomic E-state index is -0.0966. The number of halogens is 2. The summed E-state index contributed by atoms with van der Waals surface area (Å²) in [5, 5.41) is 8.07. The minimum absolute atomic E-state index is 0.0966. The first kappa shape index (κ1) is 21.4. The summed E-state index contributed by atoms with van der Waals surface area (Å²) in [6, 6.07) is 15.1. The van der Waals surface area contributed by atoms with Gasteiger partial charge in [0.2, 0.25) is 0 Å². The number of hydrogen-bond donors (Lipinski definition) is 1. The summed E-state index contributed by atoms with van der Waals surface area (Å²) in [5.74, 6) is 0.680. The second kappa shape index (κ2) is 9.94. The van der Waals surface area contributed by atoms with Crippen molar-refractivity contribution in [3.05, 3.63) is 80.5 Å². The van der Waals surface area contributed by atoms with E-state index in [9.17, 15) is 4.79 Å². The number of rotatable bonds is 8. The SMILES string of the molecule is Cc1nn(CCCNC(=O)c2cccc(COc3cccc(Br)c3)c2)c(C)c1Cl. The van der Waals surface area contributed by atoms with E-state index in [-0.39, 0.29) is 5.91 Å². The summed E-state index contributed by atoms with van der Waals surface area (Å²) in [7, 11) is 0. The van der Waals surface area contributed by atoms with Crippen LogP contribution in [-0.2, 0) is 13.2 Å². The van der Waals surface area contributed by atoms with E-state index in [4.69, 9.17) is 16.3 Å². The molecule has 1 aromatic heterocycles. The van der Waals surface area contributed by atoms with Gasteiger partial charge in [0.05, 0.1) is 16.4 Å². The standard InChI is InChI=1S/C22H23BrClN3O2/c1-15-21(24)16(2)27(26-15)11-5-10-25-22(28)18-7-3-6-17(12-18)14-29-20-9-4-8-19(23)13-20/h3-4,6-9,12-13H,5,10-11,14H2,1-2H3,(H,25,28). The lowest BCUT2D eigenvalue weighted by Gasteiger charge is -2.09. The van der Waals surface area contributed by atoms with Crippen LogP contribution in [0.15, 0.2) is 53.0 Å². The first-order valence-electron chi connectivity index (χ1n) is 9.39. The molecule has 0 saturated heterocycles. The predicted molar refractivity (Wildman–Crippen MR) is 119 cm³/mol. The number of amides is 1. The molecule has 1 N–H and O–H groups in total. The van der Waals surface area contributed by atoms with Gasteiger partial charge in [-0.05, 0) is 56.2 Å². The first-order chi connectivity index (χ1) is 13.9. The normalized spacial score (nSPS) is 10.8. The molecule has 0 aliphatic heterocycles. The van der Waals surface area contributed by atoms with Crippen molar-refractivity contribution in [3.63, 3.8) is 0 Å². The molecule has 1 amide bonds. The van der Waals surface area contributed by atoms with E-state index < -0.39 is 0 Å². The van der Waals surface area contributed by atoms with E-state index >= 15 is 0 Å². The number of carbonyl (C=O) groups excluding carboxylic acids is 1. The predicted octanol–water partition coefficient (Wildman–Crippen LogP) is 5.31. The quantitative estimate of drug-likeness (QED) is 0.448. The molecule has 0 atom stereocenters. The lowest BCUT2D eigenvalue weighted by Crippen LogP contribution is -2.25. The smallest absolute Gasteiger partial charge is 0.251 e. The van der Waals surface area contributed by atoms with Gasteiger partial charge in [-0.25, -0.2) is 0 Å². The Hall–Kier alpha value is -2.31. The van der Waals surface area contributed by atoms with E-state index in [0.717, 1.165) is 33.6 Å². The van der Waals surface area contributed by atoms with Crippen LogP contribution in [0, 0.1) is 13.8 Å². The van der Waals surface area contributed by atoms with E-state index in [1.165, 1.54) is 0 Å². The summed E-state index contributed by atoms with van der Waals surface area (Å²) >= 11 is 9.59. The van der Waals surface area contributed by atoms with Gasteiger partial charge in [-0.2, -0.15) is 5.10 Å². The van der Waals surface area contributed by atoms with Crippen molar-refractivity contribution < 1.29 is 9.53 Å². The summed E-state index contributed by atoms with van der Waals surface area (Å²) < 4.78 is 8.64. The fraction of sp³-hybridized carbons (Fsp3) is 0.273. The third kappa shape index (κ3) is 5.84. The van der Waals surface area contributed by atoms with Crippen molar-refractivity contribution in [1.82, 2.24) is 15.1 Å². The fourth-order valence-electron chi connectivity index (χ4n) is 2.95. The van der Waals surface area contributed by atoms with Crippen LogP contribution in [0.3, 0.4) is 0 Å². The number of nitrogens with one attached hydrogen (secondary N) is 1. The number of ether oxygens (including phenoxy) is 1. The van der Waals surface area contributed by atoms with Crippen LogP contribution in [0.4, 0.5) is 0 Å². The molecule has 0 saturated carbocycles. The summed E-state index contributed by atoms with van der Waals surface area (Å²) in [4.78, 5) is 12.5. The average molecular weight is 477 g/mol. The van der Waals surface area contributed by atoms with Crippen molar-refractivity contribution in [2.24, 2.45) is 0 Å². The zero-order chi connectivity index (χ0) is 20.8. The van der Waals surface area contributed by atoms with Crippen LogP contribution in [0.1, 0.15) is 33.7 Å². The van der Waals surface area contributed by atoms with Gasteiger partial charge >= 0.3 is 0 Å². The molecule has 0 aliphatic rings. The second-order valence-corrected chi connectivity index (χ2v) is 8.06. The highest BCUT2D eigenvalue weighted by molar-refractivity contribution is 9.10. The van der Waals surface area contributed by atoms with Gasteiger partial charge in [0, 0.05) is 23.1 Å². The average Bonchev–Trinajstić information content (AvgIpc) is 2.96. The fourth-order valence-corrected chi connectivity index (χ4v) is 3.46. The summed E-state index contributed by atoms with van der Waals surface area (Å²) in [6.45, 7) is 5.51. The third-order valence-corrected chi connectivity index (χ3v) is 5.56. The van der Waals surface area contributed by atoms with Crippen LogP contribution in [0.25, 0.3) is 0 Å². The number of aryl methyl sites for hydroxylation is 2. The molecular weight excluding hydrogens is 454 g/mol. The Kier molecular flexibility index (Phi) is 7.34. The molecule has 29 heavy (non-hydrogen) atoms. The van der Waals surface area contributed by atoms with Gasteiger partial charge in [-0.3, -0.25) is 9.48 Å². The summed E-state index contributed by atoms with van der Waals surface area (Å²) in [5.41, 5.74) is 3.34. The van der Waals surface area contributed by atoms with Crippen molar-refractivity contribution in [1.29, 1.82) is 0 Å². The topological polar surface area (TPSA) is 56.2 Å². The Balaban J connectivity index is 1.49. The Labute approximate surface area is 184 Å². The van der Waals surface area contributed by atoms with Crippen LogP contribution in [0.5, 0.6) is 5.75 Å². The number of nitrogens with zero attached hydrogens (tertiary/aromatic N) is 2. The molecule has 0 radical (unpaired) electrons. The number of aromatic nitrogens is 2. The van der Waals surface area contributed by atoms with Crippen LogP contribution in [0.2, 0.25) is 5.02 Å². The number of benzene rings is 2. The Bertz CT molecular complexity index is 1000. The maximum atomic E-state index is 12.5. The highest BCUT2D eigenvalue weighted by atomic mass is 79.9. The maximum absolute atomic E-state index is 12.5. The number of carbonyl (C=O) groups is 1. The van der Waals surface area contributed by atoms with Crippen molar-refractivity contribution >= 4 is 33.4 Å². The second-order valence-electron chi connectivity index (χ2n) is 6.76. The largest absolute Gasteiger partial charge is 0.489 e. The lowest BCUT2D eigenvalue weighted by molar-refractivity contribution is 0.0952. The molecule has 0 bridgehead atoms. The molecule has 3 aromatic rings. The third-order valence-electron chi connectivity index (χ3n) is 4.52. The molecule has 0 aliphatic carbocycles. The Morgan fingerprint density at radius 2 is 2.00 bits per heavy atom. The molecule has 0 fully saturated rings. The first-order valence-corrected chi connectivity index (χ1v) is 10.6. The Morgan fingerprint density at radius 1 is 1.21 bits per heavy atom. The van der Waals surface area contributed by atoms with Gasteiger partial charge in [0.1, 0.15) is 12.4 Å². The zero-order valence-corrected chi connectivity index (χ0v) is 18.8. The molecule has 2 aromatic carbocycles. The molecule has 0 spiro atoms. The van der Waals surface area contributed by atoms with E-state index in [0.29, 0.717) is 30.3 Å². The van der Waals surface area contributed by atoms with E-state index in [1.807, 2.05) is 61.0 Å². The van der Waals surface area contributed by atoms with Gasteiger partial charge in [0.15, 0.2) is 0 Å². The monoisotopic (exact) mass is 475 g/mol. The molecule has 5 nitrogen and oxygen atoms in total. The molecular formula is C22H23BrClN3O2. The van der Waals surface area contributed by atoms with Gasteiger partial charge < -0.3 is 10.1 Å². The highest BCUT2D eigenvalue weighted by Gasteiger charge is 2.09. The van der Waals surface area contributed by atoms with Crippen LogP contribution < -0.4 is 10.1 Å². The van der Waals surface area contributed by atoms with Crippen LogP contribution >= 0.6 is 27.5 Å². The van der Waals surface area contributed by atoms with E-state index in [2.05, 4.69) is 26.3 Å². The number of hydrogen-bond acceptors (Lipinski definition) is 3. The molecule has 3 rings (SSSR count). The van der Waals surface area contributed by atoms with Crippen molar-refractivity contribution in [2.45, 2.75) is 33.4 Å². The summed E-state index contributed by atoms with van der Waals surface area (Å²) in [6.07, 6.45) is 0.774. The minimum Gasteiger partial charge on any atom is -0.489 e. The molecule has 152 valence electrons. The van der Waals surface area contributed by atoms with E-state index in [1.54, 1.807) is 6.07 Å². The highest BCUT2D eigenvalue weighted by Crippen LogP contribution is 2.20. The molecule has 0 unspecified atom stereocenters. The zero-order valence-electron chi connectivity index (χ0n) is 16.4. The van der Waals surface area contributed by atoms with Crippen molar-refractivity contribution in [2.75, 3.05) is 6.54 Å². The van der Waals surface area contributed by atoms with Crippen molar-refractivity contribution in [3.8, 4) is 5.75 Å². The van der Waals surface area contributed by atoms with Gasteiger partial charge in [-0.1, -0.05) is 45.7 Å².